The molecule has 0 aromatic rings. The van der Waals surface area contributed by atoms with E-state index in [0.29, 0.717) is 23.7 Å². The molecule has 0 N–H and O–H groups in total. The van der Waals surface area contributed by atoms with Gasteiger partial charge in [-0.3, -0.25) is 24.4 Å². The van der Waals surface area contributed by atoms with Crippen LogP contribution in [0.2, 0.25) is 0 Å². The highest BCUT2D eigenvalue weighted by atomic mass is 35.5. The molecule has 0 radical (unpaired) electrons. The minimum absolute atomic E-state index is 0. The van der Waals surface area contributed by atoms with Gasteiger partial charge in [0.05, 0.1) is 62.6 Å². The molecule has 4 heterocycles. The number of esters is 1. The van der Waals surface area contributed by atoms with Gasteiger partial charge >= 0.3 is 5.97 Å². The van der Waals surface area contributed by atoms with Crippen LogP contribution in [-0.2, 0) is 14.3 Å². The molecule has 4 aliphatic heterocycles. The molecule has 4 fully saturated rings. The van der Waals surface area contributed by atoms with Crippen LogP contribution >= 0.6 is 70.6 Å². The first-order chi connectivity index (χ1) is 32.0. The molecule has 0 aliphatic carbocycles. The van der Waals surface area contributed by atoms with Crippen molar-refractivity contribution in [2.45, 2.75) is 185 Å². The second-order valence-corrected chi connectivity index (χ2v) is 38.0. The number of halogens is 1. The van der Waals surface area contributed by atoms with E-state index in [4.69, 9.17) is 9.47 Å². The van der Waals surface area contributed by atoms with Gasteiger partial charge in [0.1, 0.15) is 17.8 Å². The zero-order valence-electron chi connectivity index (χ0n) is 52.1. The van der Waals surface area contributed by atoms with Crippen LogP contribution < -0.4 is 12.4 Å². The topological polar surface area (TPSA) is 51.7 Å². The van der Waals surface area contributed by atoms with E-state index in [2.05, 4.69) is 210 Å². The van der Waals surface area contributed by atoms with Crippen LogP contribution in [0.1, 0.15) is 150 Å². The van der Waals surface area contributed by atoms with Crippen LogP contribution in [0.5, 0.6) is 0 Å². The summed E-state index contributed by atoms with van der Waals surface area (Å²) in [6.45, 7) is 53.2. The van der Waals surface area contributed by atoms with Gasteiger partial charge in [-0.1, -0.05) is 148 Å². The number of likely N-dealkylation sites (N-methyl/N-ethyl adjacent to an activating group) is 1. The summed E-state index contributed by atoms with van der Waals surface area (Å²) in [4.78, 5) is 23.7. The Morgan fingerprint density at radius 3 is 1.10 bits per heavy atom. The number of piperazine rings is 1. The Balaban J connectivity index is -0.000000796. The third-order valence-electron chi connectivity index (χ3n) is 10.2. The molecule has 72 heavy (non-hydrogen) atoms. The van der Waals surface area contributed by atoms with E-state index in [-0.39, 0.29) is 29.2 Å². The molecule has 0 spiro atoms. The Kier molecular flexibility index (Phi) is 40.5. The smallest absolute Gasteiger partial charge is 0.323 e. The number of rotatable bonds is 13. The van der Waals surface area contributed by atoms with Crippen molar-refractivity contribution < 1.29 is 35.6 Å². The van der Waals surface area contributed by atoms with Gasteiger partial charge in [0.2, 0.25) is 0 Å². The minimum atomic E-state index is -0.0815. The molecule has 1 unspecified atom stereocenters. The Bertz CT molecular complexity index is 1280. The number of nitrogens with zero attached hydrogens (tertiary/aromatic N) is 7. The van der Waals surface area contributed by atoms with Crippen molar-refractivity contribution in [3.05, 3.63) is 0 Å². The lowest BCUT2D eigenvalue weighted by atomic mass is 10.2. The largest absolute Gasteiger partial charge is 1.00 e. The van der Waals surface area contributed by atoms with Crippen molar-refractivity contribution in [2.24, 2.45) is 0 Å². The second kappa shape index (κ2) is 37.5. The summed E-state index contributed by atoms with van der Waals surface area (Å²) >= 11 is 12.0. The number of morpholine rings is 1. The fraction of sp³-hybridized carbons (Fsp3) is 0.982. The molecule has 17 heteroatoms. The van der Waals surface area contributed by atoms with Crippen molar-refractivity contribution >= 4 is 76.5 Å². The van der Waals surface area contributed by atoms with Crippen LogP contribution in [0.15, 0.2) is 0 Å². The number of hydrogen-bond acceptors (Lipinski definition) is 14. The van der Waals surface area contributed by atoms with Gasteiger partial charge in [0, 0.05) is 91.3 Å². The summed E-state index contributed by atoms with van der Waals surface area (Å²) in [5.41, 5.74) is 0. The molecule has 0 amide bonds. The summed E-state index contributed by atoms with van der Waals surface area (Å²) in [6, 6.07) is -0.00940. The molecule has 4 saturated heterocycles. The van der Waals surface area contributed by atoms with Gasteiger partial charge in [0.15, 0.2) is 0 Å². The number of likely N-dealkylation sites (tertiary alicyclic amines) is 2. The van der Waals surface area contributed by atoms with E-state index >= 15 is 0 Å². The average molecular weight is 1160 g/mol. The summed E-state index contributed by atoms with van der Waals surface area (Å²) in [5, 5.41) is 0. The van der Waals surface area contributed by atoms with E-state index in [1.807, 2.05) is 58.8 Å². The quantitative estimate of drug-likeness (QED) is 0.100. The van der Waals surface area contributed by atoms with Gasteiger partial charge in [-0.25, -0.2) is 0 Å². The highest BCUT2D eigenvalue weighted by Gasteiger charge is 2.32. The molecule has 4 aliphatic rings. The van der Waals surface area contributed by atoms with Crippen LogP contribution in [0.3, 0.4) is 0 Å². The van der Waals surface area contributed by atoms with E-state index < -0.39 is 0 Å². The Labute approximate surface area is 481 Å². The molecule has 0 bridgehead atoms. The van der Waals surface area contributed by atoms with Gasteiger partial charge < -0.3 is 35.7 Å². The number of ether oxygens (including phenoxy) is 2. The number of thioether (sulfide) groups is 6. The predicted octanol–water partition coefficient (Wildman–Crippen LogP) is 9.58. The zero-order chi connectivity index (χ0) is 55.5. The fourth-order valence-electron chi connectivity index (χ4n) is 5.91. The van der Waals surface area contributed by atoms with Gasteiger partial charge in [-0.05, 0) is 52.4 Å². The lowest BCUT2D eigenvalue weighted by molar-refractivity contribution is -0.857. The van der Waals surface area contributed by atoms with Gasteiger partial charge in [-0.15, -0.1) is 47.0 Å². The number of carbonyl (C=O) groups is 1. The molecule has 0 saturated carbocycles. The van der Waals surface area contributed by atoms with Crippen molar-refractivity contribution in [1.29, 1.82) is 0 Å². The fourth-order valence-corrected chi connectivity index (χ4v) is 10.8. The predicted molar refractivity (Wildman–Crippen MR) is 333 cm³/mol. The normalized spacial score (nSPS) is 19.4. The van der Waals surface area contributed by atoms with E-state index in [1.54, 1.807) is 0 Å². The maximum Gasteiger partial charge on any atom is 0.323 e. The van der Waals surface area contributed by atoms with Crippen molar-refractivity contribution in [3.8, 4) is 0 Å². The summed E-state index contributed by atoms with van der Waals surface area (Å²) in [5.74, 6) is 6.77. The van der Waals surface area contributed by atoms with Gasteiger partial charge in [-0.2, -0.15) is 0 Å². The highest BCUT2D eigenvalue weighted by Crippen LogP contribution is 2.30. The standard InChI is InChI=1S/C11H21NO2S.C10H22N2S.C9H19NOS.C9H19NS.2C8H20NS.ClH/c1-11(2,3)15-8-12-7-5-6-9(12)10(13)14-4;1-10(2,3)13-9-12-7-5-11(4)6-8-12;1-9(2,3)12-8-10-4-6-11-7-5-10;1-9(2,3)11-8-10-6-4-5-7-10;2*1-8(2,3)10-7-9(4,5)6;/h9H,5-8H2,1-4H3;5-9H2,1-4H3;4-8H2,1-3H3;4-8H2,1-3H3;2*7H2,1-6H3;1H/q;;;;2*+1;/p-1. The third kappa shape index (κ3) is 54.9. The monoisotopic (exact) mass is 1150 g/mol. The first kappa shape index (κ1) is 77.8. The van der Waals surface area contributed by atoms with Crippen LogP contribution in [0, 0.1) is 0 Å². The van der Waals surface area contributed by atoms with E-state index in [9.17, 15) is 4.79 Å². The molecule has 0 aromatic heterocycles. The molecule has 10 nitrogen and oxygen atoms in total. The maximum absolute atomic E-state index is 11.5. The van der Waals surface area contributed by atoms with E-state index in [0.717, 1.165) is 66.4 Å². The number of methoxy groups -OCH3 is 1. The summed E-state index contributed by atoms with van der Waals surface area (Å²) in [7, 11) is 17.0. The number of hydrogen-bond donors (Lipinski definition) is 0. The second-order valence-electron chi connectivity index (χ2n) is 27.4. The van der Waals surface area contributed by atoms with Gasteiger partial charge in [0.25, 0.3) is 0 Å². The number of quaternary nitrogens is 2. The van der Waals surface area contributed by atoms with Crippen LogP contribution in [0.4, 0.5) is 0 Å². The van der Waals surface area contributed by atoms with Crippen LogP contribution in [0.25, 0.3) is 0 Å². The first-order valence-corrected chi connectivity index (χ1v) is 32.6. The number of carbonyl (C=O) groups excluding carboxylic acids is 1. The zero-order valence-corrected chi connectivity index (χ0v) is 57.8. The Morgan fingerprint density at radius 2 is 0.792 bits per heavy atom. The lowest BCUT2D eigenvalue weighted by Crippen LogP contribution is -3.00. The van der Waals surface area contributed by atoms with Crippen LogP contribution in [-0.4, -0.2) is 238 Å². The lowest BCUT2D eigenvalue weighted by Gasteiger charge is -2.33. The van der Waals surface area contributed by atoms with Crippen molar-refractivity contribution in [3.63, 3.8) is 0 Å². The SMILES string of the molecule is CC(C)(C)SCN1CCCC1.CC(C)(C)SCN1CCOCC1.CC(C)(C)SC[N+](C)(C)C.CC(C)(C)SC[N+](C)(C)C.CN1CCN(CSC(C)(C)C)CC1.COC(=O)C1CCCN1CSC(C)(C)C.[Cl-]. The molecule has 1 atom stereocenters. The van der Waals surface area contributed by atoms with E-state index in [1.165, 1.54) is 82.7 Å². The van der Waals surface area contributed by atoms with Crippen molar-refractivity contribution in [1.82, 2.24) is 24.5 Å². The minimum Gasteiger partial charge on any atom is -1.00 e. The molecule has 436 valence electrons. The summed E-state index contributed by atoms with van der Waals surface area (Å²) in [6.07, 6.45) is 4.86. The molecular weight excluding hydrogens is 1030 g/mol. The highest BCUT2D eigenvalue weighted by molar-refractivity contribution is 8.01. The Morgan fingerprint density at radius 1 is 0.472 bits per heavy atom. The maximum atomic E-state index is 11.5. The van der Waals surface area contributed by atoms with Crippen molar-refractivity contribution in [2.75, 3.05) is 164 Å². The Hall–Kier alpha value is 1.54. The average Bonchev–Trinajstić information content (AvgIpc) is 3.92. The third-order valence-corrected chi connectivity index (χ3v) is 19.2. The molecule has 4 rings (SSSR count). The first-order valence-electron chi connectivity index (χ1n) is 26.7. The summed E-state index contributed by atoms with van der Waals surface area (Å²) < 4.78 is 14.5. The molecule has 0 aromatic carbocycles. The molecular formula is C55H121ClN7O3S6+.